The number of amides is 2. The minimum atomic E-state index is -2.76. The first-order chi connectivity index (χ1) is 15.6. The molecule has 1 atom stereocenters. The molecule has 10 nitrogen and oxygen atoms in total. The maximum Gasteiger partial charge on any atom is 0.273 e. The maximum absolute atomic E-state index is 13.4. The second-order valence-electron chi connectivity index (χ2n) is 6.64. The highest BCUT2D eigenvalue weighted by atomic mass is 32.1. The van der Waals surface area contributed by atoms with Crippen molar-refractivity contribution in [3.8, 4) is 0 Å². The van der Waals surface area contributed by atoms with Gasteiger partial charge in [-0.1, -0.05) is 16.5 Å². The highest BCUT2D eigenvalue weighted by molar-refractivity contribution is 7.18. The predicted molar refractivity (Wildman–Crippen MR) is 112 cm³/mol. The molecule has 1 aromatic carbocycles. The number of thiazole rings is 1. The minimum absolute atomic E-state index is 0.0931. The number of primary amides is 1. The number of hydrogen-bond donors (Lipinski definition) is 3. The van der Waals surface area contributed by atoms with Crippen molar-refractivity contribution in [3.63, 3.8) is 0 Å². The first kappa shape index (κ1) is 23.7. The van der Waals surface area contributed by atoms with Crippen molar-refractivity contribution in [3.05, 3.63) is 52.5 Å². The van der Waals surface area contributed by atoms with Gasteiger partial charge in [-0.2, -0.15) is 0 Å². The van der Waals surface area contributed by atoms with Crippen LogP contribution in [-0.4, -0.2) is 46.8 Å². The van der Waals surface area contributed by atoms with Crippen molar-refractivity contribution in [2.75, 3.05) is 17.2 Å². The number of carbonyl (C=O) groups excluding carboxylic acids is 3. The number of benzene rings is 1. The maximum atomic E-state index is 13.4. The molecule has 0 bridgehead atoms. The van der Waals surface area contributed by atoms with Crippen LogP contribution < -0.4 is 21.7 Å². The number of carbonyl (C=O) groups is 3. The molecule has 0 aliphatic rings. The lowest BCUT2D eigenvalue weighted by molar-refractivity contribution is -0.118. The Bertz CT molecular complexity index is 1180. The second kappa shape index (κ2) is 9.68. The number of alkyl halides is 2. The van der Waals surface area contributed by atoms with E-state index in [9.17, 15) is 27.6 Å². The van der Waals surface area contributed by atoms with Gasteiger partial charge in [-0.15, -0.1) is 0 Å². The van der Waals surface area contributed by atoms with Gasteiger partial charge in [-0.25, -0.2) is 18.2 Å². The van der Waals surface area contributed by atoms with Crippen molar-refractivity contribution >= 4 is 45.6 Å². The Morgan fingerprint density at radius 1 is 1.24 bits per heavy atom. The molecular formula is C19H17F3N6O4S. The van der Waals surface area contributed by atoms with Gasteiger partial charge in [0, 0.05) is 11.8 Å². The highest BCUT2D eigenvalue weighted by Gasteiger charge is 2.29. The first-order valence-electron chi connectivity index (χ1n) is 9.26. The van der Waals surface area contributed by atoms with Crippen molar-refractivity contribution in [1.29, 1.82) is 0 Å². The molecule has 0 spiro atoms. The van der Waals surface area contributed by atoms with Crippen molar-refractivity contribution < 1.29 is 32.1 Å². The largest absolute Gasteiger partial charge is 0.382 e. The number of ketones is 1. The average Bonchev–Trinajstić information content (AvgIpc) is 3.40. The summed E-state index contributed by atoms with van der Waals surface area (Å²) in [4.78, 5) is 41.9. The number of anilines is 3. The molecule has 2 aromatic heterocycles. The minimum Gasteiger partial charge on any atom is -0.382 e. The van der Waals surface area contributed by atoms with Gasteiger partial charge in [0.25, 0.3) is 12.3 Å². The van der Waals surface area contributed by atoms with Crippen molar-refractivity contribution in [2.45, 2.75) is 19.4 Å². The summed E-state index contributed by atoms with van der Waals surface area (Å²) in [5.41, 5.74) is 11.3. The molecule has 2 amide bonds. The Labute approximate surface area is 188 Å². The van der Waals surface area contributed by atoms with Crippen molar-refractivity contribution in [1.82, 2.24) is 15.5 Å². The molecule has 3 rings (SSSR count). The van der Waals surface area contributed by atoms with Gasteiger partial charge >= 0.3 is 0 Å². The first-order valence-corrected chi connectivity index (χ1v) is 10.1. The molecule has 0 aliphatic heterocycles. The van der Waals surface area contributed by atoms with Crippen LogP contribution in [0.1, 0.15) is 32.8 Å². The Morgan fingerprint density at radius 3 is 2.52 bits per heavy atom. The Balaban J connectivity index is 1.91. The van der Waals surface area contributed by atoms with E-state index < -0.39 is 42.4 Å². The van der Waals surface area contributed by atoms with E-state index in [0.717, 1.165) is 17.4 Å². The molecule has 1 unspecified atom stereocenters. The van der Waals surface area contributed by atoms with Crippen molar-refractivity contribution in [2.24, 2.45) is 5.73 Å². The molecule has 174 valence electrons. The monoisotopic (exact) mass is 482 g/mol. The summed E-state index contributed by atoms with van der Waals surface area (Å²) in [6.45, 7) is 0.600. The van der Waals surface area contributed by atoms with Crippen LogP contribution in [0.3, 0.4) is 0 Å². The Hall–Kier alpha value is -3.94. The zero-order valence-corrected chi connectivity index (χ0v) is 17.7. The zero-order valence-electron chi connectivity index (χ0n) is 16.9. The van der Waals surface area contributed by atoms with Crippen LogP contribution in [0, 0.1) is 5.82 Å². The zero-order chi connectivity index (χ0) is 24.3. The molecule has 3 aromatic rings. The molecular weight excluding hydrogens is 465 g/mol. The summed E-state index contributed by atoms with van der Waals surface area (Å²) >= 11 is 0.798. The number of nitrogens with zero attached hydrogens (tertiary/aromatic N) is 3. The summed E-state index contributed by atoms with van der Waals surface area (Å²) in [6.07, 6.45) is -2.76. The molecule has 0 aliphatic carbocycles. The number of aromatic nitrogens is 2. The number of rotatable bonds is 9. The van der Waals surface area contributed by atoms with E-state index in [1.807, 2.05) is 5.32 Å². The number of hydrogen-bond acceptors (Lipinski definition) is 9. The van der Waals surface area contributed by atoms with E-state index in [0.29, 0.717) is 5.69 Å². The van der Waals surface area contributed by atoms with E-state index in [4.69, 9.17) is 16.0 Å². The lowest BCUT2D eigenvalue weighted by Gasteiger charge is -2.26. The molecule has 2 heterocycles. The molecule has 33 heavy (non-hydrogen) atoms. The fourth-order valence-corrected chi connectivity index (χ4v) is 3.71. The van der Waals surface area contributed by atoms with Gasteiger partial charge in [0.15, 0.2) is 10.8 Å². The third kappa shape index (κ3) is 5.28. The van der Waals surface area contributed by atoms with Crippen LogP contribution in [0.15, 0.2) is 34.9 Å². The van der Waals surface area contributed by atoms with E-state index >= 15 is 0 Å². The molecule has 0 fully saturated rings. The van der Waals surface area contributed by atoms with Crippen LogP contribution in [0.2, 0.25) is 0 Å². The van der Waals surface area contributed by atoms with Crippen LogP contribution in [-0.2, 0) is 4.79 Å². The van der Waals surface area contributed by atoms with Gasteiger partial charge in [-0.3, -0.25) is 14.4 Å². The van der Waals surface area contributed by atoms with E-state index in [2.05, 4.69) is 10.1 Å². The number of halogens is 3. The SMILES string of the molecule is CC(C(N)=O)N(c1ccc(F)cc1)c1nc(N)c(C(=O)c2cc(C(=O)NCC(F)F)no2)s1. The van der Waals surface area contributed by atoms with E-state index in [1.54, 1.807) is 0 Å². The lowest BCUT2D eigenvalue weighted by atomic mass is 10.2. The standard InChI is InChI=1S/C19H17F3N6O4S/c1-8(17(24)30)28(10-4-2-9(20)3-5-10)19-26-16(23)15(33-19)14(29)12-6-11(27-32-12)18(31)25-7-13(21)22/h2-6,8,13H,7,23H2,1H3,(H2,24,30)(H,25,31). The van der Waals surface area contributed by atoms with Crippen LogP contribution in [0.5, 0.6) is 0 Å². The lowest BCUT2D eigenvalue weighted by Crippen LogP contribution is -2.39. The second-order valence-corrected chi connectivity index (χ2v) is 7.62. The third-order valence-electron chi connectivity index (χ3n) is 4.34. The van der Waals surface area contributed by atoms with Gasteiger partial charge < -0.3 is 26.2 Å². The van der Waals surface area contributed by atoms with Crippen LogP contribution in [0.4, 0.5) is 29.8 Å². The van der Waals surface area contributed by atoms with Crippen LogP contribution in [0.25, 0.3) is 0 Å². The molecule has 0 saturated heterocycles. The van der Waals surface area contributed by atoms with Gasteiger partial charge in [0.05, 0.1) is 6.54 Å². The topological polar surface area (TPSA) is 157 Å². The van der Waals surface area contributed by atoms with Gasteiger partial charge in [0.2, 0.25) is 17.5 Å². The smallest absolute Gasteiger partial charge is 0.273 e. The average molecular weight is 482 g/mol. The fourth-order valence-electron chi connectivity index (χ4n) is 2.68. The normalized spacial score (nSPS) is 11.9. The third-order valence-corrected chi connectivity index (χ3v) is 5.41. The Morgan fingerprint density at radius 2 is 1.91 bits per heavy atom. The number of nitrogens with two attached hydrogens (primary N) is 2. The molecule has 0 radical (unpaired) electrons. The highest BCUT2D eigenvalue weighted by Crippen LogP contribution is 2.36. The summed E-state index contributed by atoms with van der Waals surface area (Å²) in [7, 11) is 0. The van der Waals surface area contributed by atoms with Gasteiger partial charge in [0.1, 0.15) is 22.6 Å². The molecule has 5 N–H and O–H groups in total. The quantitative estimate of drug-likeness (QED) is 0.391. The predicted octanol–water partition coefficient (Wildman–Crippen LogP) is 2.09. The summed E-state index contributed by atoms with van der Waals surface area (Å²) in [6, 6.07) is 5.19. The number of nitrogens with one attached hydrogen (secondary N) is 1. The van der Waals surface area contributed by atoms with Crippen LogP contribution >= 0.6 is 11.3 Å². The Kier molecular flexibility index (Phi) is 6.96. The summed E-state index contributed by atoms with van der Waals surface area (Å²) in [5.74, 6) is -3.52. The number of nitrogen functional groups attached to an aromatic ring is 1. The van der Waals surface area contributed by atoms with E-state index in [1.165, 1.54) is 36.1 Å². The summed E-state index contributed by atoms with van der Waals surface area (Å²) in [5, 5.41) is 5.45. The van der Waals surface area contributed by atoms with Gasteiger partial charge in [-0.05, 0) is 31.2 Å². The molecule has 14 heteroatoms. The van der Waals surface area contributed by atoms with E-state index in [-0.39, 0.29) is 27.3 Å². The fraction of sp³-hybridized carbons (Fsp3) is 0.211. The molecule has 0 saturated carbocycles. The summed E-state index contributed by atoms with van der Waals surface area (Å²) < 4.78 is 42.7.